The third kappa shape index (κ3) is 3.60. The predicted octanol–water partition coefficient (Wildman–Crippen LogP) is 2.54. The molecule has 1 fully saturated rings. The fraction of sp³-hybridized carbons (Fsp3) is 0.273. The smallest absolute Gasteiger partial charge is 0.289 e. The zero-order chi connectivity index (χ0) is 21.5. The van der Waals surface area contributed by atoms with Crippen molar-refractivity contribution in [3.63, 3.8) is 0 Å². The van der Waals surface area contributed by atoms with Crippen molar-refractivity contribution in [2.45, 2.75) is 23.5 Å². The fourth-order valence-corrected chi connectivity index (χ4v) is 5.76. The monoisotopic (exact) mass is 439 g/mol. The molecule has 1 aromatic carbocycles. The van der Waals surface area contributed by atoms with Gasteiger partial charge in [0.2, 0.25) is 10.0 Å². The van der Waals surface area contributed by atoms with Crippen LogP contribution in [0.1, 0.15) is 22.7 Å². The molecule has 0 saturated carbocycles. The van der Waals surface area contributed by atoms with Gasteiger partial charge < -0.3 is 14.1 Å². The maximum absolute atomic E-state index is 13.5. The quantitative estimate of drug-likeness (QED) is 0.623. The van der Waals surface area contributed by atoms with Crippen LogP contribution in [-0.2, 0) is 16.6 Å². The number of amides is 1. The molecular formula is C22H21N3O5S. The Balaban J connectivity index is 1.51. The number of carbonyl (C=O) groups is 1. The summed E-state index contributed by atoms with van der Waals surface area (Å²) >= 11 is 0. The SMILES string of the molecule is O=C(c1ccco1)N1CC[C@@]2(C1)CN(Cc1ccccn1)S(=O)(=O)c1ccccc1O2. The molecule has 2 aliphatic heterocycles. The summed E-state index contributed by atoms with van der Waals surface area (Å²) in [5, 5.41) is 0. The molecule has 4 heterocycles. The van der Waals surface area contributed by atoms with Crippen molar-refractivity contribution in [3.8, 4) is 5.75 Å². The molecule has 1 amide bonds. The van der Waals surface area contributed by atoms with Crippen LogP contribution in [0.4, 0.5) is 0 Å². The van der Waals surface area contributed by atoms with Crippen LogP contribution < -0.4 is 4.74 Å². The first kappa shape index (κ1) is 19.8. The average molecular weight is 439 g/mol. The van der Waals surface area contributed by atoms with Gasteiger partial charge in [0, 0.05) is 19.2 Å². The highest BCUT2D eigenvalue weighted by atomic mass is 32.2. The van der Waals surface area contributed by atoms with E-state index in [0.717, 1.165) is 0 Å². The third-order valence-electron chi connectivity index (χ3n) is 5.66. The van der Waals surface area contributed by atoms with Crippen molar-refractivity contribution in [3.05, 3.63) is 78.5 Å². The van der Waals surface area contributed by atoms with Gasteiger partial charge in [0.05, 0.1) is 31.6 Å². The Hall–Kier alpha value is -3.17. The fourth-order valence-electron chi connectivity index (χ4n) is 4.16. The molecule has 2 aromatic heterocycles. The number of furan rings is 1. The topological polar surface area (TPSA) is 93.0 Å². The van der Waals surface area contributed by atoms with E-state index in [4.69, 9.17) is 9.15 Å². The van der Waals surface area contributed by atoms with E-state index >= 15 is 0 Å². The first-order chi connectivity index (χ1) is 15.0. The largest absolute Gasteiger partial charge is 0.483 e. The number of sulfonamides is 1. The van der Waals surface area contributed by atoms with Crippen molar-refractivity contribution in [1.29, 1.82) is 0 Å². The summed E-state index contributed by atoms with van der Waals surface area (Å²) in [5.74, 6) is 0.324. The number of pyridine rings is 1. The minimum absolute atomic E-state index is 0.114. The Morgan fingerprint density at radius 2 is 1.90 bits per heavy atom. The molecule has 1 spiro atoms. The van der Waals surface area contributed by atoms with Gasteiger partial charge in [-0.25, -0.2) is 8.42 Å². The van der Waals surface area contributed by atoms with E-state index in [1.165, 1.54) is 10.6 Å². The Kier molecular flexibility index (Phi) is 4.79. The number of para-hydroxylation sites is 1. The average Bonchev–Trinajstić information content (AvgIpc) is 3.43. The minimum Gasteiger partial charge on any atom is -0.483 e. The van der Waals surface area contributed by atoms with Crippen LogP contribution in [0.25, 0.3) is 0 Å². The lowest BCUT2D eigenvalue weighted by molar-refractivity contribution is 0.0496. The van der Waals surface area contributed by atoms with Crippen LogP contribution >= 0.6 is 0 Å². The van der Waals surface area contributed by atoms with Crippen molar-refractivity contribution >= 4 is 15.9 Å². The summed E-state index contributed by atoms with van der Waals surface area (Å²) in [6, 6.07) is 15.3. The maximum atomic E-state index is 13.5. The molecule has 5 rings (SSSR count). The third-order valence-corrected chi connectivity index (χ3v) is 7.49. The molecule has 31 heavy (non-hydrogen) atoms. The highest BCUT2D eigenvalue weighted by Crippen LogP contribution is 2.39. The molecule has 0 bridgehead atoms. The predicted molar refractivity (Wildman–Crippen MR) is 111 cm³/mol. The summed E-state index contributed by atoms with van der Waals surface area (Å²) in [7, 11) is -3.82. The summed E-state index contributed by atoms with van der Waals surface area (Å²) in [5.41, 5.74) is -0.224. The lowest BCUT2D eigenvalue weighted by Gasteiger charge is -2.31. The van der Waals surface area contributed by atoms with Gasteiger partial charge in [0.15, 0.2) is 5.76 Å². The van der Waals surface area contributed by atoms with Crippen LogP contribution in [0.5, 0.6) is 5.75 Å². The molecule has 0 N–H and O–H groups in total. The number of likely N-dealkylation sites (tertiary alicyclic amines) is 1. The summed E-state index contributed by atoms with van der Waals surface area (Å²) in [4.78, 5) is 18.9. The Labute approximate surface area is 180 Å². The number of hydrogen-bond donors (Lipinski definition) is 0. The maximum Gasteiger partial charge on any atom is 0.289 e. The molecule has 0 unspecified atom stereocenters. The number of fused-ring (bicyclic) bond motifs is 1. The van der Waals surface area contributed by atoms with Gasteiger partial charge >= 0.3 is 0 Å². The van der Waals surface area contributed by atoms with Gasteiger partial charge in [0.25, 0.3) is 5.91 Å². The van der Waals surface area contributed by atoms with Crippen LogP contribution in [-0.4, -0.2) is 53.7 Å². The second-order valence-electron chi connectivity index (χ2n) is 7.78. The standard InChI is InChI=1S/C22H21N3O5S/c26-21(19-8-5-13-29-19)24-12-10-22(15-24)16-25(14-17-6-3-4-11-23-17)31(27,28)20-9-2-1-7-18(20)30-22/h1-9,11,13H,10,12,14-16H2/t22-/m1/s1. The van der Waals surface area contributed by atoms with Crippen molar-refractivity contribution in [1.82, 2.24) is 14.2 Å². The Morgan fingerprint density at radius 1 is 1.06 bits per heavy atom. The Morgan fingerprint density at radius 3 is 2.68 bits per heavy atom. The summed E-state index contributed by atoms with van der Waals surface area (Å²) in [6.45, 7) is 0.936. The lowest BCUT2D eigenvalue weighted by Crippen LogP contribution is -2.49. The number of rotatable bonds is 3. The number of nitrogens with zero attached hydrogens (tertiary/aromatic N) is 3. The van der Waals surface area contributed by atoms with E-state index in [9.17, 15) is 13.2 Å². The highest BCUT2D eigenvalue weighted by Gasteiger charge is 2.49. The highest BCUT2D eigenvalue weighted by molar-refractivity contribution is 7.89. The van der Waals surface area contributed by atoms with Crippen molar-refractivity contribution < 1.29 is 22.4 Å². The van der Waals surface area contributed by atoms with Crippen LogP contribution in [0.3, 0.4) is 0 Å². The molecule has 2 aliphatic rings. The van der Waals surface area contributed by atoms with Gasteiger partial charge in [-0.15, -0.1) is 0 Å². The zero-order valence-electron chi connectivity index (χ0n) is 16.7. The number of benzene rings is 1. The molecule has 1 atom stereocenters. The van der Waals surface area contributed by atoms with Gasteiger partial charge in [-0.05, 0) is 36.4 Å². The molecule has 0 radical (unpaired) electrons. The minimum atomic E-state index is -3.82. The van der Waals surface area contributed by atoms with E-state index < -0.39 is 15.6 Å². The van der Waals surface area contributed by atoms with Gasteiger partial charge in [-0.2, -0.15) is 4.31 Å². The summed E-state index contributed by atoms with van der Waals surface area (Å²) < 4.78 is 40.0. The number of carbonyl (C=O) groups excluding carboxylic acids is 1. The summed E-state index contributed by atoms with van der Waals surface area (Å²) in [6.07, 6.45) is 3.60. The van der Waals surface area contributed by atoms with Crippen LogP contribution in [0.15, 0.2) is 76.4 Å². The Bertz CT molecular complexity index is 1200. The van der Waals surface area contributed by atoms with Crippen molar-refractivity contribution in [2.75, 3.05) is 19.6 Å². The second-order valence-corrected chi connectivity index (χ2v) is 9.69. The molecule has 1 saturated heterocycles. The molecule has 3 aromatic rings. The van der Waals surface area contributed by atoms with E-state index in [2.05, 4.69) is 4.98 Å². The lowest BCUT2D eigenvalue weighted by atomic mass is 10.0. The molecular weight excluding hydrogens is 418 g/mol. The van der Waals surface area contributed by atoms with Crippen LogP contribution in [0.2, 0.25) is 0 Å². The van der Waals surface area contributed by atoms with Crippen molar-refractivity contribution in [2.24, 2.45) is 0 Å². The molecule has 8 nitrogen and oxygen atoms in total. The van der Waals surface area contributed by atoms with E-state index in [1.54, 1.807) is 59.6 Å². The molecule has 9 heteroatoms. The first-order valence-corrected chi connectivity index (χ1v) is 11.4. The van der Waals surface area contributed by atoms with Gasteiger partial charge in [-0.1, -0.05) is 18.2 Å². The van der Waals surface area contributed by atoms with Gasteiger partial charge in [0.1, 0.15) is 16.2 Å². The van der Waals surface area contributed by atoms with Gasteiger partial charge in [-0.3, -0.25) is 9.78 Å². The van der Waals surface area contributed by atoms with E-state index in [-0.39, 0.29) is 36.2 Å². The number of ether oxygens (including phenoxy) is 1. The number of hydrogen-bond acceptors (Lipinski definition) is 6. The number of aromatic nitrogens is 1. The van der Waals surface area contributed by atoms with E-state index in [1.807, 2.05) is 6.07 Å². The normalized spacial score (nSPS) is 22.6. The zero-order valence-corrected chi connectivity index (χ0v) is 17.5. The van der Waals surface area contributed by atoms with E-state index in [0.29, 0.717) is 24.4 Å². The van der Waals surface area contributed by atoms with Crippen LogP contribution in [0, 0.1) is 0 Å². The second kappa shape index (κ2) is 7.51. The first-order valence-electron chi connectivity index (χ1n) is 9.98. The molecule has 0 aliphatic carbocycles. The molecule has 160 valence electrons.